The quantitative estimate of drug-likeness (QED) is 0.702. The van der Waals surface area contributed by atoms with Crippen molar-refractivity contribution in [1.29, 1.82) is 0 Å². The van der Waals surface area contributed by atoms with E-state index in [1.165, 1.54) is 0 Å². The van der Waals surface area contributed by atoms with Crippen molar-refractivity contribution in [1.82, 2.24) is 5.32 Å². The van der Waals surface area contributed by atoms with Gasteiger partial charge in [-0.25, -0.2) is 0 Å². The maximum absolute atomic E-state index is 12.3. The molecule has 6 heteroatoms. The highest BCUT2D eigenvalue weighted by Crippen LogP contribution is 2.29. The van der Waals surface area contributed by atoms with Gasteiger partial charge in [0.15, 0.2) is 6.61 Å². The standard InChI is InChI=1S/C20H23BrN2O3/c1-4-22-20(25)15-7-5-6-8-17(15)23-19(24)12-26-18-10-9-14(21)11-16(18)13(2)3/h5-11,13H,4,12H2,1-3H3,(H,22,25)(H,23,24). The molecular weight excluding hydrogens is 396 g/mol. The molecule has 138 valence electrons. The number of para-hydroxylation sites is 1. The molecule has 0 aliphatic carbocycles. The first kappa shape index (κ1) is 20.0. The van der Waals surface area contributed by atoms with Gasteiger partial charge in [0.25, 0.3) is 11.8 Å². The molecule has 0 saturated heterocycles. The van der Waals surface area contributed by atoms with Crippen LogP contribution in [0.2, 0.25) is 0 Å². The molecule has 0 aliphatic heterocycles. The molecule has 0 unspecified atom stereocenters. The number of carbonyl (C=O) groups is 2. The molecule has 2 aromatic carbocycles. The van der Waals surface area contributed by atoms with Gasteiger partial charge in [-0.2, -0.15) is 0 Å². The van der Waals surface area contributed by atoms with E-state index in [-0.39, 0.29) is 24.3 Å². The van der Waals surface area contributed by atoms with Crippen LogP contribution in [0.15, 0.2) is 46.9 Å². The van der Waals surface area contributed by atoms with Gasteiger partial charge in [0.2, 0.25) is 0 Å². The lowest BCUT2D eigenvalue weighted by atomic mass is 10.0. The molecule has 0 heterocycles. The van der Waals surface area contributed by atoms with Crippen LogP contribution in [0, 0.1) is 0 Å². The Morgan fingerprint density at radius 3 is 2.58 bits per heavy atom. The summed E-state index contributed by atoms with van der Waals surface area (Å²) >= 11 is 3.45. The van der Waals surface area contributed by atoms with Gasteiger partial charge in [0.05, 0.1) is 11.3 Å². The number of hydrogen-bond donors (Lipinski definition) is 2. The Hall–Kier alpha value is -2.34. The summed E-state index contributed by atoms with van der Waals surface area (Å²) in [6.45, 7) is 6.36. The van der Waals surface area contributed by atoms with E-state index in [0.29, 0.717) is 23.5 Å². The predicted octanol–water partition coefficient (Wildman–Crippen LogP) is 4.34. The van der Waals surface area contributed by atoms with Gasteiger partial charge < -0.3 is 15.4 Å². The number of amides is 2. The van der Waals surface area contributed by atoms with E-state index in [1.807, 2.05) is 25.1 Å². The van der Waals surface area contributed by atoms with Gasteiger partial charge in [0.1, 0.15) is 5.75 Å². The molecule has 5 nitrogen and oxygen atoms in total. The van der Waals surface area contributed by atoms with Crippen molar-refractivity contribution in [2.75, 3.05) is 18.5 Å². The van der Waals surface area contributed by atoms with Crippen LogP contribution >= 0.6 is 15.9 Å². The average molecular weight is 419 g/mol. The fourth-order valence-electron chi connectivity index (χ4n) is 2.48. The zero-order valence-electron chi connectivity index (χ0n) is 15.1. The zero-order chi connectivity index (χ0) is 19.1. The Balaban J connectivity index is 2.06. The number of hydrogen-bond acceptors (Lipinski definition) is 3. The lowest BCUT2D eigenvalue weighted by Crippen LogP contribution is -2.26. The van der Waals surface area contributed by atoms with Gasteiger partial charge >= 0.3 is 0 Å². The second-order valence-electron chi connectivity index (χ2n) is 6.08. The molecule has 2 rings (SSSR count). The largest absolute Gasteiger partial charge is 0.483 e. The number of anilines is 1. The van der Waals surface area contributed by atoms with Crippen LogP contribution in [-0.4, -0.2) is 25.0 Å². The van der Waals surface area contributed by atoms with E-state index in [4.69, 9.17) is 4.74 Å². The first-order valence-electron chi connectivity index (χ1n) is 8.51. The van der Waals surface area contributed by atoms with E-state index in [9.17, 15) is 9.59 Å². The van der Waals surface area contributed by atoms with Gasteiger partial charge in [0, 0.05) is 11.0 Å². The summed E-state index contributed by atoms with van der Waals surface area (Å²) in [6.07, 6.45) is 0. The maximum Gasteiger partial charge on any atom is 0.262 e. The SMILES string of the molecule is CCNC(=O)c1ccccc1NC(=O)COc1ccc(Br)cc1C(C)C. The van der Waals surface area contributed by atoms with Crippen molar-refractivity contribution in [2.45, 2.75) is 26.7 Å². The molecule has 2 aromatic rings. The lowest BCUT2D eigenvalue weighted by Gasteiger charge is -2.15. The number of halogens is 1. The third kappa shape index (κ3) is 5.33. The summed E-state index contributed by atoms with van der Waals surface area (Å²) in [5, 5.41) is 5.48. The summed E-state index contributed by atoms with van der Waals surface area (Å²) in [7, 11) is 0. The van der Waals surface area contributed by atoms with E-state index >= 15 is 0 Å². The van der Waals surface area contributed by atoms with Crippen molar-refractivity contribution in [3.63, 3.8) is 0 Å². The van der Waals surface area contributed by atoms with E-state index < -0.39 is 0 Å². The van der Waals surface area contributed by atoms with Gasteiger partial charge in [-0.1, -0.05) is 41.9 Å². The third-order valence-electron chi connectivity index (χ3n) is 3.74. The molecule has 2 amide bonds. The number of nitrogens with one attached hydrogen (secondary N) is 2. The van der Waals surface area contributed by atoms with Crippen molar-refractivity contribution in [3.8, 4) is 5.75 Å². The van der Waals surface area contributed by atoms with Crippen molar-refractivity contribution < 1.29 is 14.3 Å². The van der Waals surface area contributed by atoms with Crippen molar-refractivity contribution in [3.05, 3.63) is 58.1 Å². The number of rotatable bonds is 7. The smallest absolute Gasteiger partial charge is 0.262 e. The van der Waals surface area contributed by atoms with Crippen LogP contribution in [0.3, 0.4) is 0 Å². The molecule has 26 heavy (non-hydrogen) atoms. The van der Waals surface area contributed by atoms with E-state index in [2.05, 4.69) is 40.4 Å². The fraction of sp³-hybridized carbons (Fsp3) is 0.300. The van der Waals surface area contributed by atoms with Crippen LogP contribution in [0.25, 0.3) is 0 Å². The normalized spacial score (nSPS) is 10.5. The molecule has 0 spiro atoms. The molecule has 0 aromatic heterocycles. The summed E-state index contributed by atoms with van der Waals surface area (Å²) in [5.74, 6) is 0.401. The number of ether oxygens (including phenoxy) is 1. The minimum Gasteiger partial charge on any atom is -0.483 e. The Labute approximate surface area is 162 Å². The third-order valence-corrected chi connectivity index (χ3v) is 4.23. The highest BCUT2D eigenvalue weighted by Gasteiger charge is 2.14. The summed E-state index contributed by atoms with van der Waals surface area (Å²) in [5.41, 5.74) is 1.91. The highest BCUT2D eigenvalue weighted by atomic mass is 79.9. The van der Waals surface area contributed by atoms with Crippen LogP contribution < -0.4 is 15.4 Å². The predicted molar refractivity (Wildman–Crippen MR) is 107 cm³/mol. The monoisotopic (exact) mass is 418 g/mol. The van der Waals surface area contributed by atoms with Gasteiger partial charge in [-0.15, -0.1) is 0 Å². The van der Waals surface area contributed by atoms with Crippen LogP contribution in [0.1, 0.15) is 42.6 Å². The first-order chi connectivity index (χ1) is 12.4. The summed E-state index contributed by atoms with van der Waals surface area (Å²) in [6, 6.07) is 12.6. The molecule has 0 atom stereocenters. The summed E-state index contributed by atoms with van der Waals surface area (Å²) in [4.78, 5) is 24.4. The van der Waals surface area contributed by atoms with E-state index in [0.717, 1.165) is 10.0 Å². The van der Waals surface area contributed by atoms with Gasteiger partial charge in [-0.05, 0) is 48.7 Å². The maximum atomic E-state index is 12.3. The van der Waals surface area contributed by atoms with Crippen LogP contribution in [0.4, 0.5) is 5.69 Å². The minimum absolute atomic E-state index is 0.134. The second-order valence-corrected chi connectivity index (χ2v) is 6.99. The minimum atomic E-state index is -0.320. The molecule has 0 saturated carbocycles. The van der Waals surface area contributed by atoms with Crippen molar-refractivity contribution in [2.24, 2.45) is 0 Å². The average Bonchev–Trinajstić information content (AvgIpc) is 2.61. The molecule has 0 radical (unpaired) electrons. The molecule has 0 aliphatic rings. The van der Waals surface area contributed by atoms with Gasteiger partial charge in [-0.3, -0.25) is 9.59 Å². The number of carbonyl (C=O) groups excluding carboxylic acids is 2. The Morgan fingerprint density at radius 1 is 1.15 bits per heavy atom. The Kier molecular flexibility index (Phi) is 7.21. The molecule has 0 bridgehead atoms. The topological polar surface area (TPSA) is 67.4 Å². The Bertz CT molecular complexity index is 790. The van der Waals surface area contributed by atoms with Crippen LogP contribution in [0.5, 0.6) is 5.75 Å². The fourth-order valence-corrected chi connectivity index (χ4v) is 2.86. The molecular formula is C20H23BrN2O3. The summed E-state index contributed by atoms with van der Waals surface area (Å²) < 4.78 is 6.67. The van der Waals surface area contributed by atoms with Crippen molar-refractivity contribution >= 4 is 33.4 Å². The number of benzene rings is 2. The first-order valence-corrected chi connectivity index (χ1v) is 9.31. The van der Waals surface area contributed by atoms with Crippen LogP contribution in [-0.2, 0) is 4.79 Å². The second kappa shape index (κ2) is 9.38. The lowest BCUT2D eigenvalue weighted by molar-refractivity contribution is -0.118. The zero-order valence-corrected chi connectivity index (χ0v) is 16.7. The molecule has 0 fully saturated rings. The highest BCUT2D eigenvalue weighted by molar-refractivity contribution is 9.10. The van der Waals surface area contributed by atoms with E-state index in [1.54, 1.807) is 24.3 Å². The molecule has 2 N–H and O–H groups in total. The Morgan fingerprint density at radius 2 is 1.88 bits per heavy atom.